The second-order valence-corrected chi connectivity index (χ2v) is 8.79. The van der Waals surface area contributed by atoms with E-state index in [2.05, 4.69) is 47.1 Å². The van der Waals surface area contributed by atoms with Gasteiger partial charge in [0.1, 0.15) is 4.60 Å². The summed E-state index contributed by atoms with van der Waals surface area (Å²) in [5.74, 6) is 0.766. The SMILES string of the molecule is CCOC(c1cccc(Br)n1)n1c(NC2CCN(CCNC(=O)O)CC2)nc2ccccc21. The molecule has 1 aromatic carbocycles. The number of carboxylic acid groups (broad SMARTS) is 1. The van der Waals surface area contributed by atoms with Gasteiger partial charge in [0.25, 0.3) is 0 Å². The van der Waals surface area contributed by atoms with Crippen molar-refractivity contribution >= 4 is 39.0 Å². The number of rotatable bonds is 9. The van der Waals surface area contributed by atoms with Crippen molar-refractivity contribution < 1.29 is 14.6 Å². The first kappa shape index (κ1) is 23.5. The van der Waals surface area contributed by atoms with E-state index in [1.807, 2.05) is 43.3 Å². The van der Waals surface area contributed by atoms with Crippen LogP contribution in [0.5, 0.6) is 0 Å². The molecule has 3 N–H and O–H groups in total. The Balaban J connectivity index is 1.55. The minimum atomic E-state index is -0.978. The fraction of sp³-hybridized carbons (Fsp3) is 0.435. The Morgan fingerprint density at radius 2 is 2.00 bits per heavy atom. The third kappa shape index (κ3) is 5.82. The number of ether oxygens (including phenoxy) is 1. The number of pyridine rings is 1. The Hall–Kier alpha value is -2.69. The number of imidazole rings is 1. The second-order valence-electron chi connectivity index (χ2n) is 7.98. The lowest BCUT2D eigenvalue weighted by atomic mass is 10.1. The predicted molar refractivity (Wildman–Crippen MR) is 131 cm³/mol. The average molecular weight is 517 g/mol. The molecule has 1 amide bonds. The first-order chi connectivity index (χ1) is 16.0. The number of anilines is 1. The summed E-state index contributed by atoms with van der Waals surface area (Å²) >= 11 is 3.48. The summed E-state index contributed by atoms with van der Waals surface area (Å²) in [5.41, 5.74) is 2.69. The molecule has 0 radical (unpaired) electrons. The molecule has 0 aliphatic carbocycles. The zero-order valence-electron chi connectivity index (χ0n) is 18.6. The van der Waals surface area contributed by atoms with Crippen molar-refractivity contribution in [3.05, 3.63) is 52.8 Å². The summed E-state index contributed by atoms with van der Waals surface area (Å²) in [7, 11) is 0. The predicted octanol–water partition coefficient (Wildman–Crippen LogP) is 3.92. The Morgan fingerprint density at radius 1 is 1.21 bits per heavy atom. The molecule has 1 unspecified atom stereocenters. The number of hydrogen-bond donors (Lipinski definition) is 3. The van der Waals surface area contributed by atoms with E-state index in [9.17, 15) is 4.79 Å². The number of nitrogens with one attached hydrogen (secondary N) is 2. The van der Waals surface area contributed by atoms with E-state index in [1.165, 1.54) is 0 Å². The molecule has 9 nitrogen and oxygen atoms in total. The lowest BCUT2D eigenvalue weighted by Gasteiger charge is -2.33. The molecule has 10 heteroatoms. The van der Waals surface area contributed by atoms with Crippen LogP contribution in [-0.4, -0.2) is 69.5 Å². The molecular weight excluding hydrogens is 488 g/mol. The van der Waals surface area contributed by atoms with E-state index in [-0.39, 0.29) is 6.04 Å². The van der Waals surface area contributed by atoms with Crippen LogP contribution in [0, 0.1) is 0 Å². The van der Waals surface area contributed by atoms with E-state index >= 15 is 0 Å². The van der Waals surface area contributed by atoms with Gasteiger partial charge in [-0.2, -0.15) is 0 Å². The monoisotopic (exact) mass is 516 g/mol. The molecule has 4 rings (SSSR count). The number of fused-ring (bicyclic) bond motifs is 1. The quantitative estimate of drug-likeness (QED) is 0.370. The summed E-state index contributed by atoms with van der Waals surface area (Å²) in [6.45, 7) is 5.49. The number of likely N-dealkylation sites (tertiary alicyclic amines) is 1. The highest BCUT2D eigenvalue weighted by Gasteiger charge is 2.26. The third-order valence-corrected chi connectivity index (χ3v) is 6.21. The number of nitrogens with zero attached hydrogens (tertiary/aromatic N) is 4. The van der Waals surface area contributed by atoms with Gasteiger partial charge in [0.2, 0.25) is 5.95 Å². The summed E-state index contributed by atoms with van der Waals surface area (Å²) < 4.78 is 9.03. The van der Waals surface area contributed by atoms with Gasteiger partial charge < -0.3 is 25.4 Å². The summed E-state index contributed by atoms with van der Waals surface area (Å²) in [6, 6.07) is 14.1. The maximum Gasteiger partial charge on any atom is 0.404 e. The molecule has 1 atom stereocenters. The van der Waals surface area contributed by atoms with E-state index < -0.39 is 12.3 Å². The van der Waals surface area contributed by atoms with Crippen LogP contribution in [0.2, 0.25) is 0 Å². The maximum atomic E-state index is 10.7. The van der Waals surface area contributed by atoms with Gasteiger partial charge in [-0.05, 0) is 60.0 Å². The lowest BCUT2D eigenvalue weighted by molar-refractivity contribution is 0.0419. The minimum Gasteiger partial charge on any atom is -0.465 e. The molecule has 1 fully saturated rings. The molecule has 176 valence electrons. The second kappa shape index (κ2) is 11.0. The Kier molecular flexibility index (Phi) is 7.79. The topological polar surface area (TPSA) is 105 Å². The van der Waals surface area contributed by atoms with Crippen molar-refractivity contribution in [2.75, 3.05) is 38.1 Å². The Labute approximate surface area is 201 Å². The van der Waals surface area contributed by atoms with Crippen LogP contribution in [0.25, 0.3) is 11.0 Å². The number of carbonyl (C=O) groups is 1. The molecule has 0 bridgehead atoms. The number of amides is 1. The standard InChI is InChI=1S/C23H29BrN6O3/c1-2-33-21(18-7-5-9-20(24)27-18)30-19-8-4-3-6-17(19)28-22(30)26-16-10-13-29(14-11-16)15-12-25-23(31)32/h3-9,16,21,25H,2,10-15H2,1H3,(H,26,28)(H,31,32). The molecule has 33 heavy (non-hydrogen) atoms. The minimum absolute atomic E-state index is 0.266. The fourth-order valence-electron chi connectivity index (χ4n) is 4.20. The number of halogens is 1. The van der Waals surface area contributed by atoms with Gasteiger partial charge in [0.05, 0.1) is 16.7 Å². The van der Waals surface area contributed by atoms with Gasteiger partial charge in [-0.3, -0.25) is 4.57 Å². The van der Waals surface area contributed by atoms with E-state index in [0.717, 1.165) is 59.8 Å². The fourth-order valence-corrected chi connectivity index (χ4v) is 4.56. The molecule has 3 heterocycles. The molecule has 0 saturated carbocycles. The van der Waals surface area contributed by atoms with Crippen molar-refractivity contribution in [1.29, 1.82) is 0 Å². The highest BCUT2D eigenvalue weighted by atomic mass is 79.9. The van der Waals surface area contributed by atoms with Gasteiger partial charge in [-0.25, -0.2) is 14.8 Å². The van der Waals surface area contributed by atoms with Crippen molar-refractivity contribution in [3.8, 4) is 0 Å². The Bertz CT molecular complexity index is 1080. The van der Waals surface area contributed by atoms with Crippen LogP contribution in [0.15, 0.2) is 47.1 Å². The van der Waals surface area contributed by atoms with Gasteiger partial charge >= 0.3 is 6.09 Å². The normalized spacial score (nSPS) is 16.1. The van der Waals surface area contributed by atoms with Crippen molar-refractivity contribution in [2.24, 2.45) is 0 Å². The molecule has 1 saturated heterocycles. The van der Waals surface area contributed by atoms with E-state index in [4.69, 9.17) is 14.8 Å². The van der Waals surface area contributed by atoms with Crippen LogP contribution < -0.4 is 10.6 Å². The van der Waals surface area contributed by atoms with E-state index in [1.54, 1.807) is 0 Å². The smallest absolute Gasteiger partial charge is 0.404 e. The Morgan fingerprint density at radius 3 is 2.73 bits per heavy atom. The number of hydrogen-bond acceptors (Lipinski definition) is 6. The largest absolute Gasteiger partial charge is 0.465 e. The molecule has 1 aliphatic heterocycles. The van der Waals surface area contributed by atoms with E-state index in [0.29, 0.717) is 13.2 Å². The number of piperidine rings is 1. The maximum absolute atomic E-state index is 10.7. The summed E-state index contributed by atoms with van der Waals surface area (Å²) in [5, 5.41) is 14.8. The highest BCUT2D eigenvalue weighted by Crippen LogP contribution is 2.30. The van der Waals surface area contributed by atoms with Crippen molar-refractivity contribution in [1.82, 2.24) is 24.8 Å². The molecular formula is C23H29BrN6O3. The zero-order chi connectivity index (χ0) is 23.2. The summed E-state index contributed by atoms with van der Waals surface area (Å²) in [6.07, 6.45) is 0.508. The van der Waals surface area contributed by atoms with Crippen molar-refractivity contribution in [3.63, 3.8) is 0 Å². The van der Waals surface area contributed by atoms with Crippen molar-refractivity contribution in [2.45, 2.75) is 32.0 Å². The van der Waals surface area contributed by atoms with Gasteiger partial charge in [-0.1, -0.05) is 18.2 Å². The molecule has 0 spiro atoms. The van der Waals surface area contributed by atoms with Crippen LogP contribution in [0.1, 0.15) is 31.7 Å². The van der Waals surface area contributed by atoms with Crippen LogP contribution in [-0.2, 0) is 4.74 Å². The van der Waals surface area contributed by atoms with Gasteiger partial charge in [0, 0.05) is 38.8 Å². The third-order valence-electron chi connectivity index (χ3n) is 5.77. The lowest BCUT2D eigenvalue weighted by Crippen LogP contribution is -2.42. The average Bonchev–Trinajstić information content (AvgIpc) is 3.16. The highest BCUT2D eigenvalue weighted by molar-refractivity contribution is 9.10. The molecule has 1 aliphatic rings. The number of aromatic nitrogens is 3. The first-order valence-corrected chi connectivity index (χ1v) is 12.0. The molecule has 3 aromatic rings. The van der Waals surface area contributed by atoms with Crippen LogP contribution in [0.3, 0.4) is 0 Å². The van der Waals surface area contributed by atoms with Gasteiger partial charge in [-0.15, -0.1) is 0 Å². The first-order valence-electron chi connectivity index (χ1n) is 11.2. The summed E-state index contributed by atoms with van der Waals surface area (Å²) in [4.78, 5) is 22.5. The number of para-hydroxylation sites is 2. The van der Waals surface area contributed by atoms with Crippen LogP contribution >= 0.6 is 15.9 Å². The number of benzene rings is 1. The zero-order valence-corrected chi connectivity index (χ0v) is 20.2. The molecule has 2 aromatic heterocycles. The van der Waals surface area contributed by atoms with Gasteiger partial charge in [0.15, 0.2) is 6.23 Å². The van der Waals surface area contributed by atoms with Crippen LogP contribution in [0.4, 0.5) is 10.7 Å².